The third kappa shape index (κ3) is 6.24. The number of rotatable bonds is 8. The molecule has 9 rings (SSSR count). The third-order valence-electron chi connectivity index (χ3n) is 9.20. The van der Waals surface area contributed by atoms with Gasteiger partial charge in [0.15, 0.2) is 0 Å². The van der Waals surface area contributed by atoms with Crippen molar-refractivity contribution in [3.8, 4) is 64.6 Å². The molecular formula is C41H20F6N2S8. The van der Waals surface area contributed by atoms with Gasteiger partial charge in [-0.2, -0.15) is 42.9 Å². The highest BCUT2D eigenvalue weighted by atomic mass is 32.1. The first-order valence-corrected chi connectivity index (χ1v) is 23.2. The first kappa shape index (κ1) is 38.4. The molecule has 57 heavy (non-hydrogen) atoms. The Balaban J connectivity index is 1.28. The van der Waals surface area contributed by atoms with E-state index in [0.717, 1.165) is 51.9 Å². The molecule has 0 unspecified atom stereocenters. The fraction of sp³-hybridized carbons (Fsp3) is 0.122. The van der Waals surface area contributed by atoms with Crippen molar-refractivity contribution in [2.75, 3.05) is 0 Å². The van der Waals surface area contributed by atoms with Gasteiger partial charge in [0.05, 0.1) is 16.3 Å². The topological polar surface area (TPSA) is 28.1 Å². The number of nitriles is 1. The van der Waals surface area contributed by atoms with E-state index in [9.17, 15) is 5.26 Å². The lowest BCUT2D eigenvalue weighted by Gasteiger charge is -2.25. The quantitative estimate of drug-likeness (QED) is 0.110. The van der Waals surface area contributed by atoms with Gasteiger partial charge in [-0.25, -0.2) is 4.85 Å². The lowest BCUT2D eigenvalue weighted by Crippen LogP contribution is -2.48. The molecule has 0 aliphatic heterocycles. The third-order valence-corrected chi connectivity index (χ3v) is 18.8. The fourth-order valence-corrected chi connectivity index (χ4v) is 14.8. The van der Waals surface area contributed by atoms with Gasteiger partial charge in [-0.1, -0.05) is 6.07 Å². The number of halogens is 6. The maximum Gasteiger partial charge on any atom is 0.380 e. The maximum atomic E-state index is 16.7. The number of nitrogens with zero attached hydrogens (tertiary/aromatic N) is 2. The van der Waals surface area contributed by atoms with Gasteiger partial charge in [-0.05, 0) is 92.7 Å². The number of thiophene rings is 8. The van der Waals surface area contributed by atoms with Crippen molar-refractivity contribution in [2.45, 2.75) is 31.6 Å². The number of allylic oxidation sites excluding steroid dienone is 2. The van der Waals surface area contributed by atoms with Crippen LogP contribution in [-0.4, -0.2) is 17.8 Å². The highest BCUT2D eigenvalue weighted by Gasteiger charge is 2.80. The molecule has 0 saturated heterocycles. The van der Waals surface area contributed by atoms with Crippen LogP contribution in [0.4, 0.5) is 31.3 Å². The molecule has 0 spiro atoms. The van der Waals surface area contributed by atoms with E-state index in [0.29, 0.717) is 39.1 Å². The van der Waals surface area contributed by atoms with E-state index in [1.165, 1.54) is 80.2 Å². The van der Waals surface area contributed by atoms with Gasteiger partial charge in [0, 0.05) is 80.8 Å². The number of hydrogen-bond donors (Lipinski definition) is 0. The van der Waals surface area contributed by atoms with Crippen LogP contribution >= 0.6 is 90.7 Å². The minimum Gasteiger partial charge on any atom is -0.227 e. The van der Waals surface area contributed by atoms with E-state index in [1.807, 2.05) is 38.1 Å². The second kappa shape index (κ2) is 14.0. The normalized spacial score (nSPS) is 15.7. The smallest absolute Gasteiger partial charge is 0.227 e. The SMILES string of the molecule is [C-]#[N+]c1ccc(-c2ccc(-c3cc(C4=C(c5cc(-c6ccc(-c7ccc(C#N)s7)s6)sc5-c5ccc(C)s5)C(F)(F)C(F)(F)C4(F)F)c(-c4ccc(C)s4)s3)s2)s1. The van der Waals surface area contributed by atoms with Crippen LogP contribution in [-0.2, 0) is 0 Å². The van der Waals surface area contributed by atoms with Crippen LogP contribution in [0.25, 0.3) is 74.5 Å². The first-order chi connectivity index (χ1) is 27.2. The Morgan fingerprint density at radius 3 is 1.30 bits per heavy atom. The zero-order chi connectivity index (χ0) is 40.0. The predicted octanol–water partition coefficient (Wildman–Crippen LogP) is 17.1. The molecular weight excluding hydrogens is 891 g/mol. The molecule has 1 aliphatic carbocycles. The number of hydrogen-bond acceptors (Lipinski definition) is 9. The monoisotopic (exact) mass is 910 g/mol. The molecule has 16 heteroatoms. The Morgan fingerprint density at radius 1 is 0.491 bits per heavy atom. The fourth-order valence-electron chi connectivity index (χ4n) is 6.56. The molecule has 8 aromatic heterocycles. The molecule has 8 aromatic rings. The molecule has 1 aliphatic rings. The molecule has 8 heterocycles. The molecule has 0 aromatic carbocycles. The van der Waals surface area contributed by atoms with Crippen molar-refractivity contribution in [3.05, 3.63) is 122 Å². The van der Waals surface area contributed by atoms with Gasteiger partial charge in [-0.3, -0.25) is 0 Å². The van der Waals surface area contributed by atoms with Crippen molar-refractivity contribution >= 4 is 107 Å². The van der Waals surface area contributed by atoms with Gasteiger partial charge >= 0.3 is 17.8 Å². The van der Waals surface area contributed by atoms with Gasteiger partial charge in [0.1, 0.15) is 10.9 Å². The summed E-state index contributed by atoms with van der Waals surface area (Å²) in [7, 11) is 0. The van der Waals surface area contributed by atoms with Gasteiger partial charge < -0.3 is 0 Å². The van der Waals surface area contributed by atoms with Gasteiger partial charge in [-0.15, -0.1) is 79.4 Å². The second-order valence-corrected chi connectivity index (χ2v) is 21.8. The first-order valence-electron chi connectivity index (χ1n) is 16.7. The molecule has 0 radical (unpaired) electrons. The summed E-state index contributed by atoms with van der Waals surface area (Å²) < 4.78 is 98.6. The molecule has 0 N–H and O–H groups in total. The second-order valence-electron chi connectivity index (χ2n) is 12.9. The minimum atomic E-state index is -5.75. The van der Waals surface area contributed by atoms with Crippen molar-refractivity contribution in [2.24, 2.45) is 0 Å². The average Bonchev–Trinajstić information content (AvgIpc) is 4.02. The van der Waals surface area contributed by atoms with Crippen molar-refractivity contribution < 1.29 is 26.3 Å². The van der Waals surface area contributed by atoms with Crippen LogP contribution in [0.1, 0.15) is 25.8 Å². The van der Waals surface area contributed by atoms with Gasteiger partial charge in [0.2, 0.25) is 5.00 Å². The highest BCUT2D eigenvalue weighted by Crippen LogP contribution is 2.68. The molecule has 0 amide bonds. The van der Waals surface area contributed by atoms with Crippen LogP contribution in [0.5, 0.6) is 0 Å². The molecule has 0 bridgehead atoms. The van der Waals surface area contributed by atoms with Gasteiger partial charge in [0.25, 0.3) is 0 Å². The molecule has 2 nitrogen and oxygen atoms in total. The summed E-state index contributed by atoms with van der Waals surface area (Å²) in [6, 6.07) is 26.0. The number of aryl methyl sites for hydroxylation is 2. The summed E-state index contributed by atoms with van der Waals surface area (Å²) in [5.41, 5.74) is -3.49. The minimum absolute atomic E-state index is 0.197. The Hall–Kier alpha value is -4.10. The van der Waals surface area contributed by atoms with Crippen LogP contribution < -0.4 is 0 Å². The standard InChI is InChI=1S/C41H20F6N2S8/c1-19-4-7-30(50-19)37-22(16-32(56-37)28-12-10-25(53-28)24-9-6-21(18-48)52-24)35-36(40(44,45)41(46,47)39(35,42)43)23-17-33(57-38(23)31-8-5-20(2)51-31)29-13-11-26(54-29)27-14-15-34(49-3)55-27/h4-17H,1-2H3. The van der Waals surface area contributed by atoms with E-state index in [2.05, 4.69) is 10.9 Å². The largest absolute Gasteiger partial charge is 0.380 e. The summed E-state index contributed by atoms with van der Waals surface area (Å²) in [6.07, 6.45) is 0. The molecule has 0 fully saturated rings. The Bertz CT molecular complexity index is 2780. The Morgan fingerprint density at radius 2 is 0.895 bits per heavy atom. The lowest BCUT2D eigenvalue weighted by atomic mass is 9.94. The predicted molar refractivity (Wildman–Crippen MR) is 231 cm³/mol. The zero-order valence-electron chi connectivity index (χ0n) is 29.0. The summed E-state index contributed by atoms with van der Waals surface area (Å²) in [4.78, 5) is 12.5. The van der Waals surface area contributed by atoms with Crippen LogP contribution in [0.15, 0.2) is 84.9 Å². The van der Waals surface area contributed by atoms with Crippen molar-refractivity contribution in [3.63, 3.8) is 0 Å². The molecule has 0 saturated carbocycles. The van der Waals surface area contributed by atoms with Crippen molar-refractivity contribution in [1.29, 1.82) is 5.26 Å². The molecule has 0 atom stereocenters. The van der Waals surface area contributed by atoms with E-state index in [-0.39, 0.29) is 20.9 Å². The summed E-state index contributed by atoms with van der Waals surface area (Å²) in [6.45, 7) is 11.0. The van der Waals surface area contributed by atoms with Crippen molar-refractivity contribution in [1.82, 2.24) is 0 Å². The van der Waals surface area contributed by atoms with Crippen LogP contribution in [0.2, 0.25) is 0 Å². The zero-order valence-corrected chi connectivity index (χ0v) is 35.5. The Kier molecular flexibility index (Phi) is 9.46. The van der Waals surface area contributed by atoms with Crippen LogP contribution in [0.3, 0.4) is 0 Å². The maximum absolute atomic E-state index is 16.7. The lowest BCUT2D eigenvalue weighted by molar-refractivity contribution is -0.254. The van der Waals surface area contributed by atoms with E-state index in [1.54, 1.807) is 48.5 Å². The van der Waals surface area contributed by atoms with E-state index < -0.39 is 28.9 Å². The van der Waals surface area contributed by atoms with Crippen LogP contribution in [0, 0.1) is 31.8 Å². The number of alkyl halides is 6. The van der Waals surface area contributed by atoms with E-state index >= 15 is 26.3 Å². The summed E-state index contributed by atoms with van der Waals surface area (Å²) >= 11 is 10.0. The summed E-state index contributed by atoms with van der Waals surface area (Å²) in [5.74, 6) is -16.3. The van der Waals surface area contributed by atoms with E-state index in [4.69, 9.17) is 6.57 Å². The Labute approximate surface area is 354 Å². The average molecular weight is 911 g/mol. The molecule has 284 valence electrons. The highest BCUT2D eigenvalue weighted by molar-refractivity contribution is 7.30. The summed E-state index contributed by atoms with van der Waals surface area (Å²) in [5, 5.41) is 9.83.